The van der Waals surface area contributed by atoms with Crippen molar-refractivity contribution in [2.75, 3.05) is 13.1 Å². The van der Waals surface area contributed by atoms with Crippen LogP contribution in [0.5, 0.6) is 0 Å². The van der Waals surface area contributed by atoms with Crippen LogP contribution in [0.2, 0.25) is 0 Å². The number of nitrogens with one attached hydrogen (secondary N) is 2. The summed E-state index contributed by atoms with van der Waals surface area (Å²) in [6.07, 6.45) is 3.37. The SMILES string of the molecule is CC1NCCCC1NC(=O)CN1C(=O)C2C3CCC(O3)C2C1=O. The lowest BCUT2D eigenvalue weighted by atomic mass is 9.81. The zero-order valence-electron chi connectivity index (χ0n) is 13.3. The molecular weight excluding hydrogens is 298 g/mol. The molecule has 6 atom stereocenters. The molecule has 2 bridgehead atoms. The van der Waals surface area contributed by atoms with E-state index in [1.807, 2.05) is 6.92 Å². The number of nitrogens with zero attached hydrogens (tertiary/aromatic N) is 1. The van der Waals surface area contributed by atoms with Gasteiger partial charge in [0, 0.05) is 12.1 Å². The van der Waals surface area contributed by atoms with Crippen LogP contribution in [-0.4, -0.2) is 60.0 Å². The summed E-state index contributed by atoms with van der Waals surface area (Å²) in [5.74, 6) is -1.41. The van der Waals surface area contributed by atoms with Crippen LogP contribution in [0.15, 0.2) is 0 Å². The molecule has 7 heteroatoms. The van der Waals surface area contributed by atoms with E-state index in [4.69, 9.17) is 4.74 Å². The van der Waals surface area contributed by atoms with E-state index < -0.39 is 0 Å². The van der Waals surface area contributed by atoms with E-state index in [0.717, 1.165) is 37.1 Å². The molecule has 4 heterocycles. The Morgan fingerprint density at radius 2 is 1.87 bits per heavy atom. The number of fused-ring (bicyclic) bond motifs is 5. The second kappa shape index (κ2) is 5.56. The zero-order valence-corrected chi connectivity index (χ0v) is 13.3. The average molecular weight is 321 g/mol. The second-order valence-corrected chi connectivity index (χ2v) is 7.16. The molecular formula is C16H23N3O4. The van der Waals surface area contributed by atoms with Gasteiger partial charge in [-0.3, -0.25) is 19.3 Å². The van der Waals surface area contributed by atoms with Crippen LogP contribution in [0.3, 0.4) is 0 Å². The molecule has 4 rings (SSSR count). The summed E-state index contributed by atoms with van der Waals surface area (Å²) in [6, 6.07) is 0.268. The summed E-state index contributed by atoms with van der Waals surface area (Å²) >= 11 is 0. The molecule has 3 amide bonds. The number of imide groups is 1. The highest BCUT2D eigenvalue weighted by molar-refractivity contribution is 6.08. The van der Waals surface area contributed by atoms with Gasteiger partial charge in [-0.25, -0.2) is 0 Å². The Morgan fingerprint density at radius 1 is 1.22 bits per heavy atom. The summed E-state index contributed by atoms with van der Waals surface area (Å²) in [6.45, 7) is 2.84. The van der Waals surface area contributed by atoms with Crippen LogP contribution in [0.25, 0.3) is 0 Å². The standard InChI is InChI=1S/C16H23N3O4/c1-8-9(3-2-6-17-8)18-12(20)7-19-15(21)13-10-4-5-11(23-10)14(13)16(19)22/h8-11,13-14,17H,2-7H2,1H3,(H,18,20). The summed E-state index contributed by atoms with van der Waals surface area (Å²) < 4.78 is 5.69. The molecule has 4 saturated heterocycles. The molecule has 0 aliphatic carbocycles. The van der Waals surface area contributed by atoms with Gasteiger partial charge in [-0.05, 0) is 39.2 Å². The van der Waals surface area contributed by atoms with Crippen molar-refractivity contribution in [3.8, 4) is 0 Å². The van der Waals surface area contributed by atoms with Crippen molar-refractivity contribution >= 4 is 17.7 Å². The van der Waals surface area contributed by atoms with Crippen molar-refractivity contribution < 1.29 is 19.1 Å². The van der Waals surface area contributed by atoms with Crippen LogP contribution in [0, 0.1) is 11.8 Å². The molecule has 0 radical (unpaired) electrons. The minimum Gasteiger partial charge on any atom is -0.373 e. The smallest absolute Gasteiger partial charge is 0.240 e. The quantitative estimate of drug-likeness (QED) is 0.678. The molecule has 7 nitrogen and oxygen atoms in total. The monoisotopic (exact) mass is 321 g/mol. The van der Waals surface area contributed by atoms with Crippen molar-refractivity contribution in [3.63, 3.8) is 0 Å². The van der Waals surface area contributed by atoms with E-state index in [-0.39, 0.29) is 60.4 Å². The number of likely N-dealkylation sites (tertiary alicyclic amines) is 1. The molecule has 126 valence electrons. The Kier molecular flexibility index (Phi) is 3.65. The fourth-order valence-corrected chi connectivity index (χ4v) is 4.57. The first-order chi connectivity index (χ1) is 11.1. The van der Waals surface area contributed by atoms with Gasteiger partial charge < -0.3 is 15.4 Å². The second-order valence-electron chi connectivity index (χ2n) is 7.16. The summed E-state index contributed by atoms with van der Waals surface area (Å²) in [5, 5.41) is 6.28. The molecule has 0 aromatic carbocycles. The molecule has 23 heavy (non-hydrogen) atoms. The van der Waals surface area contributed by atoms with Crippen LogP contribution in [0.1, 0.15) is 32.6 Å². The molecule has 0 aromatic heterocycles. The summed E-state index contributed by atoms with van der Waals surface area (Å²) in [7, 11) is 0. The predicted molar refractivity (Wildman–Crippen MR) is 80.2 cm³/mol. The van der Waals surface area contributed by atoms with Crippen LogP contribution in [0.4, 0.5) is 0 Å². The van der Waals surface area contributed by atoms with E-state index in [1.54, 1.807) is 0 Å². The van der Waals surface area contributed by atoms with E-state index in [1.165, 1.54) is 0 Å². The number of hydrogen-bond donors (Lipinski definition) is 2. The number of ether oxygens (including phenoxy) is 1. The van der Waals surface area contributed by atoms with Crippen LogP contribution >= 0.6 is 0 Å². The van der Waals surface area contributed by atoms with Gasteiger partial charge in [0.2, 0.25) is 17.7 Å². The fourth-order valence-electron chi connectivity index (χ4n) is 4.57. The zero-order chi connectivity index (χ0) is 16.1. The highest BCUT2D eigenvalue weighted by atomic mass is 16.5. The number of hydrogen-bond acceptors (Lipinski definition) is 5. The van der Waals surface area contributed by atoms with Gasteiger partial charge in [0.15, 0.2) is 0 Å². The topological polar surface area (TPSA) is 87.7 Å². The van der Waals surface area contributed by atoms with Gasteiger partial charge in [-0.1, -0.05) is 0 Å². The Labute approximate surface area is 135 Å². The lowest BCUT2D eigenvalue weighted by Gasteiger charge is -2.31. The Hall–Kier alpha value is -1.47. The van der Waals surface area contributed by atoms with Gasteiger partial charge in [0.1, 0.15) is 6.54 Å². The molecule has 0 spiro atoms. The number of rotatable bonds is 3. The van der Waals surface area contributed by atoms with Gasteiger partial charge >= 0.3 is 0 Å². The average Bonchev–Trinajstić information content (AvgIpc) is 3.19. The van der Waals surface area contributed by atoms with Crippen LogP contribution in [-0.2, 0) is 19.1 Å². The largest absolute Gasteiger partial charge is 0.373 e. The van der Waals surface area contributed by atoms with E-state index in [2.05, 4.69) is 10.6 Å². The summed E-state index contributed by atoms with van der Waals surface area (Å²) in [4.78, 5) is 38.5. The number of amides is 3. The minimum atomic E-state index is -0.357. The van der Waals surface area contributed by atoms with Crippen molar-refractivity contribution in [1.82, 2.24) is 15.5 Å². The highest BCUT2D eigenvalue weighted by Gasteiger charge is 2.62. The summed E-state index contributed by atoms with van der Waals surface area (Å²) in [5.41, 5.74) is 0. The first-order valence-corrected chi connectivity index (χ1v) is 8.59. The first kappa shape index (κ1) is 15.1. The first-order valence-electron chi connectivity index (χ1n) is 8.59. The molecule has 4 fully saturated rings. The maximum atomic E-state index is 12.5. The minimum absolute atomic E-state index is 0.0584. The predicted octanol–water partition coefficient (Wildman–Crippen LogP) is -0.594. The van der Waals surface area contributed by atoms with Gasteiger partial charge in [-0.2, -0.15) is 0 Å². The Bertz CT molecular complexity index is 523. The third-order valence-corrected chi connectivity index (χ3v) is 5.79. The molecule has 4 aliphatic heterocycles. The van der Waals surface area contributed by atoms with Crippen molar-refractivity contribution in [3.05, 3.63) is 0 Å². The highest BCUT2D eigenvalue weighted by Crippen LogP contribution is 2.48. The Balaban J connectivity index is 1.40. The third kappa shape index (κ3) is 2.37. The lowest BCUT2D eigenvalue weighted by Crippen LogP contribution is -2.54. The van der Waals surface area contributed by atoms with E-state index >= 15 is 0 Å². The number of carbonyl (C=O) groups is 3. The molecule has 6 unspecified atom stereocenters. The molecule has 2 N–H and O–H groups in total. The molecule has 0 saturated carbocycles. The van der Waals surface area contributed by atoms with Gasteiger partial charge in [-0.15, -0.1) is 0 Å². The van der Waals surface area contributed by atoms with Crippen molar-refractivity contribution in [1.29, 1.82) is 0 Å². The van der Waals surface area contributed by atoms with Crippen LogP contribution < -0.4 is 10.6 Å². The number of piperidine rings is 1. The van der Waals surface area contributed by atoms with Crippen molar-refractivity contribution in [2.24, 2.45) is 11.8 Å². The maximum Gasteiger partial charge on any atom is 0.240 e. The van der Waals surface area contributed by atoms with Gasteiger partial charge in [0.05, 0.1) is 24.0 Å². The van der Waals surface area contributed by atoms with Gasteiger partial charge in [0.25, 0.3) is 0 Å². The normalized spacial score (nSPS) is 42.2. The van der Waals surface area contributed by atoms with E-state index in [9.17, 15) is 14.4 Å². The lowest BCUT2D eigenvalue weighted by molar-refractivity contribution is -0.146. The van der Waals surface area contributed by atoms with Crippen molar-refractivity contribution in [2.45, 2.75) is 56.9 Å². The fraction of sp³-hybridized carbons (Fsp3) is 0.812. The Morgan fingerprint density at radius 3 is 2.48 bits per heavy atom. The maximum absolute atomic E-state index is 12.5. The molecule has 4 aliphatic rings. The number of carbonyl (C=O) groups excluding carboxylic acids is 3. The van der Waals surface area contributed by atoms with E-state index in [0.29, 0.717) is 0 Å². The third-order valence-electron chi connectivity index (χ3n) is 5.79. The molecule has 0 aromatic rings.